The normalized spacial score (nSPS) is 11.9. The first-order valence-corrected chi connectivity index (χ1v) is 4.13. The molecule has 0 saturated carbocycles. The number of nitro benzene ring substituents is 1. The van der Waals surface area contributed by atoms with Crippen LogP contribution in [0.25, 0.3) is 0 Å². The molecular formula is C8H9N3O5. The van der Waals surface area contributed by atoms with Crippen LogP contribution in [0.2, 0.25) is 0 Å². The van der Waals surface area contributed by atoms with Gasteiger partial charge in [0.15, 0.2) is 6.10 Å². The van der Waals surface area contributed by atoms with Gasteiger partial charge in [0.2, 0.25) is 0 Å². The van der Waals surface area contributed by atoms with Gasteiger partial charge in [-0.15, -0.1) is 0 Å². The van der Waals surface area contributed by atoms with Gasteiger partial charge >= 0.3 is 5.97 Å². The van der Waals surface area contributed by atoms with E-state index in [2.05, 4.69) is 5.43 Å². The van der Waals surface area contributed by atoms with E-state index in [0.717, 1.165) is 6.07 Å². The number of nitro groups is 1. The number of rotatable bonds is 4. The van der Waals surface area contributed by atoms with Gasteiger partial charge < -0.3 is 15.6 Å². The third kappa shape index (κ3) is 2.07. The van der Waals surface area contributed by atoms with Gasteiger partial charge in [-0.2, -0.15) is 0 Å². The number of hydrazine groups is 1. The molecule has 0 aliphatic rings. The van der Waals surface area contributed by atoms with E-state index >= 15 is 0 Å². The molecule has 1 rings (SSSR count). The number of carboxylic acid groups (broad SMARTS) is 1. The van der Waals surface area contributed by atoms with Crippen molar-refractivity contribution >= 4 is 17.3 Å². The van der Waals surface area contributed by atoms with Crippen molar-refractivity contribution in [3.05, 3.63) is 33.9 Å². The lowest BCUT2D eigenvalue weighted by Crippen LogP contribution is -2.17. The second-order valence-corrected chi connectivity index (χ2v) is 2.88. The first-order valence-electron chi connectivity index (χ1n) is 4.13. The summed E-state index contributed by atoms with van der Waals surface area (Å²) in [4.78, 5) is 20.5. The Morgan fingerprint density at radius 2 is 2.19 bits per heavy atom. The summed E-state index contributed by atoms with van der Waals surface area (Å²) in [6, 6.07) is 3.74. The Hall–Kier alpha value is -2.19. The number of hydrogen-bond acceptors (Lipinski definition) is 6. The highest BCUT2D eigenvalue weighted by Gasteiger charge is 2.28. The molecule has 5 N–H and O–H groups in total. The number of hydrogen-bond donors (Lipinski definition) is 4. The summed E-state index contributed by atoms with van der Waals surface area (Å²) < 4.78 is 0. The van der Waals surface area contributed by atoms with Gasteiger partial charge in [0.05, 0.1) is 16.2 Å². The van der Waals surface area contributed by atoms with E-state index in [4.69, 9.17) is 10.9 Å². The van der Waals surface area contributed by atoms with Crippen molar-refractivity contribution in [2.24, 2.45) is 5.84 Å². The van der Waals surface area contributed by atoms with E-state index in [9.17, 15) is 20.0 Å². The summed E-state index contributed by atoms with van der Waals surface area (Å²) in [6.45, 7) is 0. The zero-order valence-electron chi connectivity index (χ0n) is 7.95. The van der Waals surface area contributed by atoms with E-state index in [1.54, 1.807) is 0 Å². The molecule has 1 aromatic rings. The zero-order chi connectivity index (χ0) is 12.3. The Kier molecular flexibility index (Phi) is 3.38. The molecule has 0 radical (unpaired) electrons. The number of anilines is 1. The van der Waals surface area contributed by atoms with Crippen LogP contribution in [0.3, 0.4) is 0 Å². The molecule has 8 nitrogen and oxygen atoms in total. The third-order valence-corrected chi connectivity index (χ3v) is 1.94. The lowest BCUT2D eigenvalue weighted by Gasteiger charge is -2.11. The highest BCUT2D eigenvalue weighted by molar-refractivity contribution is 5.79. The molecule has 0 fully saturated rings. The van der Waals surface area contributed by atoms with Crippen LogP contribution in [0.4, 0.5) is 11.4 Å². The van der Waals surface area contributed by atoms with Crippen LogP contribution >= 0.6 is 0 Å². The molecular weight excluding hydrogens is 218 g/mol. The number of aliphatic hydroxyl groups excluding tert-OH is 1. The van der Waals surface area contributed by atoms with Crippen LogP contribution < -0.4 is 11.3 Å². The molecule has 86 valence electrons. The number of nitrogens with zero attached hydrogens (tertiary/aromatic N) is 1. The minimum absolute atomic E-state index is 0.0101. The lowest BCUT2D eigenvalue weighted by atomic mass is 10.0. The number of nitrogens with two attached hydrogens (primary N) is 1. The number of benzene rings is 1. The van der Waals surface area contributed by atoms with Crippen molar-refractivity contribution in [1.29, 1.82) is 0 Å². The monoisotopic (exact) mass is 227 g/mol. The van der Waals surface area contributed by atoms with Crippen molar-refractivity contribution in [2.45, 2.75) is 6.10 Å². The summed E-state index contributed by atoms with van der Waals surface area (Å²) in [5, 5.41) is 28.6. The second kappa shape index (κ2) is 4.55. The predicted octanol–water partition coefficient (Wildman–Crippen LogP) is -0.00160. The number of aliphatic hydroxyl groups is 1. The van der Waals surface area contributed by atoms with Gasteiger partial charge in [-0.25, -0.2) is 4.79 Å². The summed E-state index contributed by atoms with van der Waals surface area (Å²) in [5.41, 5.74) is 1.21. The van der Waals surface area contributed by atoms with E-state index in [0.29, 0.717) is 0 Å². The molecule has 0 aliphatic heterocycles. The lowest BCUT2D eigenvalue weighted by molar-refractivity contribution is -0.386. The van der Waals surface area contributed by atoms with Crippen molar-refractivity contribution in [2.75, 3.05) is 5.43 Å². The Morgan fingerprint density at radius 1 is 1.56 bits per heavy atom. The maximum atomic E-state index is 10.6. The van der Waals surface area contributed by atoms with Crippen molar-refractivity contribution in [3.8, 4) is 0 Å². The van der Waals surface area contributed by atoms with Gasteiger partial charge in [-0.3, -0.25) is 16.0 Å². The van der Waals surface area contributed by atoms with Gasteiger partial charge in [0, 0.05) is 6.07 Å². The van der Waals surface area contributed by atoms with Crippen molar-refractivity contribution < 1.29 is 19.9 Å². The molecule has 16 heavy (non-hydrogen) atoms. The van der Waals surface area contributed by atoms with Crippen LogP contribution in [0.15, 0.2) is 18.2 Å². The largest absolute Gasteiger partial charge is 0.479 e. The number of carboxylic acids is 1. The highest BCUT2D eigenvalue weighted by atomic mass is 16.6. The number of nitrogens with one attached hydrogen (secondary N) is 1. The zero-order valence-corrected chi connectivity index (χ0v) is 7.95. The summed E-state index contributed by atoms with van der Waals surface area (Å²) in [7, 11) is 0. The smallest absolute Gasteiger partial charge is 0.337 e. The van der Waals surface area contributed by atoms with E-state index in [1.165, 1.54) is 12.1 Å². The summed E-state index contributed by atoms with van der Waals surface area (Å²) in [5.74, 6) is 3.49. The van der Waals surface area contributed by atoms with Gasteiger partial charge in [0.25, 0.3) is 5.69 Å². The van der Waals surface area contributed by atoms with Crippen LogP contribution in [0, 0.1) is 10.1 Å². The van der Waals surface area contributed by atoms with Crippen LogP contribution in [0.1, 0.15) is 11.7 Å². The quantitative estimate of drug-likeness (QED) is 0.322. The summed E-state index contributed by atoms with van der Waals surface area (Å²) in [6.07, 6.45) is -2.01. The minimum Gasteiger partial charge on any atom is -0.479 e. The number of nitrogen functional groups attached to an aromatic ring is 1. The topological polar surface area (TPSA) is 139 Å². The minimum atomic E-state index is -2.01. The van der Waals surface area contributed by atoms with Crippen molar-refractivity contribution in [3.63, 3.8) is 0 Å². The maximum absolute atomic E-state index is 10.6. The van der Waals surface area contributed by atoms with Crippen LogP contribution in [-0.4, -0.2) is 21.1 Å². The molecule has 0 heterocycles. The fourth-order valence-electron chi connectivity index (χ4n) is 1.25. The number of aliphatic carboxylic acids is 1. The SMILES string of the molecule is NNc1cccc([N+](=O)[O-])c1C(O)C(=O)O. The third-order valence-electron chi connectivity index (χ3n) is 1.94. The van der Waals surface area contributed by atoms with E-state index in [-0.39, 0.29) is 11.3 Å². The number of carbonyl (C=O) groups is 1. The molecule has 0 aliphatic carbocycles. The van der Waals surface area contributed by atoms with Crippen LogP contribution in [-0.2, 0) is 4.79 Å². The Bertz CT molecular complexity index is 434. The Morgan fingerprint density at radius 3 is 2.62 bits per heavy atom. The predicted molar refractivity (Wildman–Crippen MR) is 53.5 cm³/mol. The molecule has 1 unspecified atom stereocenters. The molecule has 0 amide bonds. The fraction of sp³-hybridized carbons (Fsp3) is 0.125. The first kappa shape index (κ1) is 11.9. The fourth-order valence-corrected chi connectivity index (χ4v) is 1.25. The van der Waals surface area contributed by atoms with Gasteiger partial charge in [-0.05, 0) is 6.07 Å². The van der Waals surface area contributed by atoms with Gasteiger partial charge in [0.1, 0.15) is 0 Å². The van der Waals surface area contributed by atoms with Gasteiger partial charge in [-0.1, -0.05) is 6.07 Å². The molecule has 1 atom stereocenters. The summed E-state index contributed by atoms with van der Waals surface area (Å²) >= 11 is 0. The Balaban J connectivity index is 3.41. The molecule has 0 spiro atoms. The molecule has 8 heteroatoms. The van der Waals surface area contributed by atoms with Crippen molar-refractivity contribution in [1.82, 2.24) is 0 Å². The molecule has 0 bridgehead atoms. The highest BCUT2D eigenvalue weighted by Crippen LogP contribution is 2.31. The van der Waals surface area contributed by atoms with E-state index in [1.807, 2.05) is 0 Å². The van der Waals surface area contributed by atoms with Crippen LogP contribution in [0.5, 0.6) is 0 Å². The molecule has 0 saturated heterocycles. The average molecular weight is 227 g/mol. The molecule has 0 aromatic heterocycles. The van der Waals surface area contributed by atoms with E-state index < -0.39 is 22.7 Å². The Labute approximate surface area is 89.4 Å². The average Bonchev–Trinajstić information content (AvgIpc) is 2.26. The molecule has 1 aromatic carbocycles. The maximum Gasteiger partial charge on any atom is 0.337 e. The first-order chi connectivity index (χ1) is 7.49. The second-order valence-electron chi connectivity index (χ2n) is 2.88. The standard InChI is InChI=1S/C8H9N3O5/c9-10-4-2-1-3-5(11(15)16)6(4)7(12)8(13)14/h1-3,7,10,12H,9H2,(H,13,14).